The molecule has 0 radical (unpaired) electrons. The van der Waals surface area contributed by atoms with Gasteiger partial charge in [-0.15, -0.1) is 0 Å². The van der Waals surface area contributed by atoms with E-state index in [4.69, 9.17) is 26.8 Å². The van der Waals surface area contributed by atoms with Crippen molar-refractivity contribution >= 4 is 17.4 Å². The Morgan fingerprint density at radius 3 is 2.56 bits per heavy atom. The van der Waals surface area contributed by atoms with Gasteiger partial charge in [0.1, 0.15) is 10.8 Å². The molecule has 1 heterocycles. The Labute approximate surface area is 108 Å². The fourth-order valence-corrected chi connectivity index (χ4v) is 1.91. The van der Waals surface area contributed by atoms with Crippen LogP contribution in [0.5, 0.6) is 11.5 Å². The van der Waals surface area contributed by atoms with Crippen molar-refractivity contribution in [2.45, 2.75) is 0 Å². The lowest BCUT2D eigenvalue weighted by Crippen LogP contribution is -1.97. The van der Waals surface area contributed by atoms with Crippen LogP contribution in [0.15, 0.2) is 12.3 Å². The van der Waals surface area contributed by atoms with Gasteiger partial charge in [-0.3, -0.25) is 5.10 Å². The normalized spacial score (nSPS) is 10.4. The minimum absolute atomic E-state index is 0.141. The number of ether oxygens (including phenoxy) is 2. The number of methoxy groups -OCH3 is 2. The summed E-state index contributed by atoms with van der Waals surface area (Å²) in [4.78, 5) is 0. The first-order chi connectivity index (χ1) is 8.60. The Morgan fingerprint density at radius 1 is 1.33 bits per heavy atom. The average molecular weight is 272 g/mol. The third-order valence-corrected chi connectivity index (χ3v) is 2.85. The van der Waals surface area contributed by atoms with Crippen LogP contribution in [0.3, 0.4) is 0 Å². The molecule has 5 nitrogen and oxygen atoms in total. The molecule has 7 heteroatoms. The highest BCUT2D eigenvalue weighted by molar-refractivity contribution is 6.32. The van der Waals surface area contributed by atoms with E-state index >= 15 is 0 Å². The molecule has 0 aliphatic heterocycles. The maximum atomic E-state index is 14.1. The van der Waals surface area contributed by atoms with Gasteiger partial charge in [0, 0.05) is 11.1 Å². The molecule has 0 saturated carbocycles. The zero-order valence-electron chi connectivity index (χ0n) is 9.75. The zero-order chi connectivity index (χ0) is 13.3. The monoisotopic (exact) mass is 271 g/mol. The summed E-state index contributed by atoms with van der Waals surface area (Å²) in [5, 5.41) is 6.10. The van der Waals surface area contributed by atoms with E-state index in [-0.39, 0.29) is 22.2 Å². The van der Waals surface area contributed by atoms with Crippen molar-refractivity contribution in [3.63, 3.8) is 0 Å². The maximum absolute atomic E-state index is 14.1. The summed E-state index contributed by atoms with van der Waals surface area (Å²) in [6, 6.07) is 1.46. The number of aromatic amines is 1. The molecule has 1 aromatic carbocycles. The number of hydrogen-bond acceptors (Lipinski definition) is 4. The van der Waals surface area contributed by atoms with Crippen LogP contribution in [-0.2, 0) is 0 Å². The number of halogens is 2. The fourth-order valence-electron chi connectivity index (χ4n) is 1.63. The number of benzene rings is 1. The fraction of sp³-hybridized carbons (Fsp3) is 0.182. The Bertz CT molecular complexity index is 586. The van der Waals surface area contributed by atoms with Gasteiger partial charge in [-0.25, -0.2) is 4.39 Å². The summed E-state index contributed by atoms with van der Waals surface area (Å²) in [5.41, 5.74) is 6.26. The molecule has 0 amide bonds. The van der Waals surface area contributed by atoms with Crippen molar-refractivity contribution in [1.82, 2.24) is 10.2 Å². The third kappa shape index (κ3) is 1.84. The van der Waals surface area contributed by atoms with E-state index in [1.165, 1.54) is 26.5 Å². The highest BCUT2D eigenvalue weighted by Gasteiger charge is 2.21. The van der Waals surface area contributed by atoms with Gasteiger partial charge < -0.3 is 15.2 Å². The number of nitrogens with zero attached hydrogens (tertiary/aromatic N) is 1. The van der Waals surface area contributed by atoms with Gasteiger partial charge in [0.05, 0.1) is 20.4 Å². The largest absolute Gasteiger partial charge is 0.493 e. The second-order valence-electron chi connectivity index (χ2n) is 3.48. The van der Waals surface area contributed by atoms with Gasteiger partial charge in [-0.05, 0) is 6.07 Å². The van der Waals surface area contributed by atoms with Crippen molar-refractivity contribution in [2.24, 2.45) is 0 Å². The number of anilines is 1. The van der Waals surface area contributed by atoms with Crippen LogP contribution in [0, 0.1) is 5.82 Å². The molecule has 0 bridgehead atoms. The molecule has 0 fully saturated rings. The molecule has 0 aliphatic carbocycles. The average Bonchev–Trinajstić information content (AvgIpc) is 2.78. The van der Waals surface area contributed by atoms with E-state index in [0.29, 0.717) is 11.3 Å². The van der Waals surface area contributed by atoms with Gasteiger partial charge in [0.25, 0.3) is 0 Å². The van der Waals surface area contributed by atoms with E-state index < -0.39 is 5.82 Å². The molecule has 18 heavy (non-hydrogen) atoms. The van der Waals surface area contributed by atoms with E-state index in [1.807, 2.05) is 0 Å². The standard InChI is InChI=1S/C11H11ClFN3O2/c1-17-7-3-5(6-4-15-16-11(6)14)9(13)8(12)10(7)18-2/h3-4H,1-2H3,(H3,14,15,16). The summed E-state index contributed by atoms with van der Waals surface area (Å²) in [7, 11) is 2.82. The minimum Gasteiger partial charge on any atom is -0.493 e. The quantitative estimate of drug-likeness (QED) is 0.899. The molecular weight excluding hydrogens is 261 g/mol. The maximum Gasteiger partial charge on any atom is 0.182 e. The first-order valence-electron chi connectivity index (χ1n) is 4.99. The first kappa shape index (κ1) is 12.5. The number of hydrogen-bond donors (Lipinski definition) is 2. The highest BCUT2D eigenvalue weighted by Crippen LogP contribution is 2.42. The van der Waals surface area contributed by atoms with Crippen molar-refractivity contribution in [1.29, 1.82) is 0 Å². The molecule has 96 valence electrons. The topological polar surface area (TPSA) is 73.2 Å². The predicted molar refractivity (Wildman–Crippen MR) is 66.5 cm³/mol. The number of aromatic nitrogens is 2. The zero-order valence-corrected chi connectivity index (χ0v) is 10.5. The molecule has 2 aromatic rings. The van der Waals surface area contributed by atoms with Gasteiger partial charge >= 0.3 is 0 Å². The van der Waals surface area contributed by atoms with E-state index in [2.05, 4.69) is 10.2 Å². The Balaban J connectivity index is 2.70. The summed E-state index contributed by atoms with van der Waals surface area (Å²) in [6.07, 6.45) is 1.41. The number of rotatable bonds is 3. The molecule has 0 aliphatic rings. The van der Waals surface area contributed by atoms with Gasteiger partial charge in [0.15, 0.2) is 17.3 Å². The molecule has 3 N–H and O–H groups in total. The molecule has 2 rings (SSSR count). The summed E-state index contributed by atoms with van der Waals surface area (Å²) in [5.74, 6) is 0.0709. The predicted octanol–water partition coefficient (Wildman–Crippen LogP) is 2.47. The molecule has 1 aromatic heterocycles. The van der Waals surface area contributed by atoms with E-state index in [1.54, 1.807) is 0 Å². The number of nitrogens with two attached hydrogens (primary N) is 1. The Kier molecular flexibility index (Phi) is 3.29. The lowest BCUT2D eigenvalue weighted by Gasteiger charge is -2.12. The molecule has 0 unspecified atom stereocenters. The molecular formula is C11H11ClFN3O2. The van der Waals surface area contributed by atoms with Crippen LogP contribution >= 0.6 is 11.6 Å². The summed E-state index contributed by atoms with van der Waals surface area (Å²) < 4.78 is 24.2. The second kappa shape index (κ2) is 4.73. The lowest BCUT2D eigenvalue weighted by molar-refractivity contribution is 0.353. The molecule has 0 saturated heterocycles. The van der Waals surface area contributed by atoms with Crippen molar-refractivity contribution in [3.8, 4) is 22.6 Å². The summed E-state index contributed by atoms with van der Waals surface area (Å²) in [6.45, 7) is 0. The van der Waals surface area contributed by atoms with Gasteiger partial charge in [-0.2, -0.15) is 5.10 Å². The lowest BCUT2D eigenvalue weighted by atomic mass is 10.1. The van der Waals surface area contributed by atoms with Crippen LogP contribution in [0.25, 0.3) is 11.1 Å². The van der Waals surface area contributed by atoms with Crippen LogP contribution < -0.4 is 15.2 Å². The number of nitrogens with one attached hydrogen (secondary N) is 1. The highest BCUT2D eigenvalue weighted by atomic mass is 35.5. The Morgan fingerprint density at radius 2 is 2.06 bits per heavy atom. The van der Waals surface area contributed by atoms with Crippen molar-refractivity contribution in [3.05, 3.63) is 23.1 Å². The third-order valence-electron chi connectivity index (χ3n) is 2.51. The minimum atomic E-state index is -0.637. The number of H-pyrrole nitrogens is 1. The smallest absolute Gasteiger partial charge is 0.182 e. The first-order valence-corrected chi connectivity index (χ1v) is 5.37. The van der Waals surface area contributed by atoms with Gasteiger partial charge in [-0.1, -0.05) is 11.6 Å². The second-order valence-corrected chi connectivity index (χ2v) is 3.86. The van der Waals surface area contributed by atoms with Crippen molar-refractivity contribution < 1.29 is 13.9 Å². The summed E-state index contributed by atoms with van der Waals surface area (Å²) >= 11 is 5.90. The van der Waals surface area contributed by atoms with Crippen LogP contribution in [0.2, 0.25) is 5.02 Å². The van der Waals surface area contributed by atoms with Crippen LogP contribution in [0.4, 0.5) is 10.2 Å². The SMILES string of the molecule is COc1cc(-c2cn[nH]c2N)c(F)c(Cl)c1OC. The van der Waals surface area contributed by atoms with E-state index in [0.717, 1.165) is 0 Å². The molecule has 0 atom stereocenters. The van der Waals surface area contributed by atoms with Crippen LogP contribution in [0.1, 0.15) is 0 Å². The number of nitrogen functional groups attached to an aromatic ring is 1. The molecule has 0 spiro atoms. The van der Waals surface area contributed by atoms with Crippen LogP contribution in [-0.4, -0.2) is 24.4 Å². The van der Waals surface area contributed by atoms with Crippen molar-refractivity contribution in [2.75, 3.05) is 20.0 Å². The Hall–Kier alpha value is -1.95. The van der Waals surface area contributed by atoms with E-state index in [9.17, 15) is 4.39 Å². The van der Waals surface area contributed by atoms with Gasteiger partial charge in [0.2, 0.25) is 0 Å².